The molecule has 0 fully saturated rings. The Kier molecular flexibility index (Phi) is 43.9. The van der Waals surface area contributed by atoms with Crippen molar-refractivity contribution in [1.82, 2.24) is 0 Å². The van der Waals surface area contributed by atoms with E-state index in [4.69, 9.17) is 14.2 Å². The Hall–Kier alpha value is -2.11. The van der Waals surface area contributed by atoms with Gasteiger partial charge in [0.1, 0.15) is 13.2 Å². The Balaban J connectivity index is 4.35. The van der Waals surface area contributed by atoms with Crippen molar-refractivity contribution in [2.75, 3.05) is 13.2 Å². The molecule has 0 aliphatic heterocycles. The fourth-order valence-electron chi connectivity index (χ4n) is 6.99. The van der Waals surface area contributed by atoms with Gasteiger partial charge in [0.05, 0.1) is 0 Å². The minimum absolute atomic E-state index is 0.0715. The number of carbonyl (C=O) groups excluding carboxylic acids is 3. The number of ether oxygens (including phenoxy) is 3. The van der Waals surface area contributed by atoms with Gasteiger partial charge in [0.15, 0.2) is 6.10 Å². The molecule has 0 aromatic rings. The maximum absolute atomic E-state index is 12.7. The van der Waals surface area contributed by atoms with E-state index in [-0.39, 0.29) is 31.1 Å². The van der Waals surface area contributed by atoms with Gasteiger partial charge in [0.2, 0.25) is 0 Å². The first-order chi connectivity index (χ1) is 27.5. The summed E-state index contributed by atoms with van der Waals surface area (Å²) in [7, 11) is 0. The van der Waals surface area contributed by atoms with E-state index in [1.165, 1.54) is 141 Å². The van der Waals surface area contributed by atoms with Crippen LogP contribution in [0.1, 0.15) is 258 Å². The third kappa shape index (κ3) is 43.0. The molecule has 0 N–H and O–H groups in total. The maximum Gasteiger partial charge on any atom is 0.306 e. The van der Waals surface area contributed by atoms with Crippen LogP contribution in [0.5, 0.6) is 0 Å². The number of hydrogen-bond donors (Lipinski definition) is 0. The minimum Gasteiger partial charge on any atom is -0.462 e. The topological polar surface area (TPSA) is 78.9 Å². The lowest BCUT2D eigenvalue weighted by atomic mass is 10.0. The van der Waals surface area contributed by atoms with Crippen LogP contribution >= 0.6 is 0 Å². The zero-order valence-corrected chi connectivity index (χ0v) is 37.4. The number of allylic oxidation sites excluding steroid dienone is 4. The molecule has 0 bridgehead atoms. The predicted molar refractivity (Wildman–Crippen MR) is 238 cm³/mol. The van der Waals surface area contributed by atoms with Crippen molar-refractivity contribution < 1.29 is 28.6 Å². The SMILES string of the molecule is CCCC/C=C\C/C=C\CCCCCCCC(=O)OC[C@@H](COC(=O)CCCCCCCCCCCC)OC(=O)CCCCCCCCCCCCCCCC. The molecule has 0 radical (unpaired) electrons. The number of unbranched alkanes of at least 4 members (excludes halogenated alkanes) is 29. The second kappa shape index (κ2) is 45.6. The molecular weight excluding hydrogens is 697 g/mol. The van der Waals surface area contributed by atoms with E-state index in [1.54, 1.807) is 0 Å². The first-order valence-electron chi connectivity index (χ1n) is 24.3. The summed E-state index contributed by atoms with van der Waals surface area (Å²) in [5.41, 5.74) is 0. The second-order valence-corrected chi connectivity index (χ2v) is 16.4. The number of esters is 3. The molecule has 0 spiro atoms. The Morgan fingerprint density at radius 3 is 1.04 bits per heavy atom. The lowest BCUT2D eigenvalue weighted by molar-refractivity contribution is -0.167. The van der Waals surface area contributed by atoms with Gasteiger partial charge in [-0.3, -0.25) is 14.4 Å². The molecule has 1 atom stereocenters. The summed E-state index contributed by atoms with van der Waals surface area (Å²) in [4.78, 5) is 37.8. The summed E-state index contributed by atoms with van der Waals surface area (Å²) < 4.78 is 16.7. The van der Waals surface area contributed by atoms with Crippen LogP contribution in [-0.2, 0) is 28.6 Å². The van der Waals surface area contributed by atoms with Crippen molar-refractivity contribution in [1.29, 1.82) is 0 Å². The molecule has 0 aliphatic carbocycles. The van der Waals surface area contributed by atoms with Crippen LogP contribution in [0.3, 0.4) is 0 Å². The van der Waals surface area contributed by atoms with Crippen molar-refractivity contribution in [3.05, 3.63) is 24.3 Å². The van der Waals surface area contributed by atoms with Gasteiger partial charge in [-0.1, -0.05) is 218 Å². The van der Waals surface area contributed by atoms with Gasteiger partial charge in [-0.2, -0.15) is 0 Å². The molecule has 328 valence electrons. The summed E-state index contributed by atoms with van der Waals surface area (Å²) in [6, 6.07) is 0. The van der Waals surface area contributed by atoms with Gasteiger partial charge in [-0.15, -0.1) is 0 Å². The molecule has 56 heavy (non-hydrogen) atoms. The highest BCUT2D eigenvalue weighted by Gasteiger charge is 2.19. The maximum atomic E-state index is 12.7. The van der Waals surface area contributed by atoms with Crippen molar-refractivity contribution in [2.45, 2.75) is 264 Å². The smallest absolute Gasteiger partial charge is 0.306 e. The summed E-state index contributed by atoms with van der Waals surface area (Å²) in [5, 5.41) is 0. The fourth-order valence-corrected chi connectivity index (χ4v) is 6.99. The largest absolute Gasteiger partial charge is 0.462 e. The zero-order chi connectivity index (χ0) is 40.8. The normalized spacial score (nSPS) is 12.1. The third-order valence-electron chi connectivity index (χ3n) is 10.7. The molecule has 6 heteroatoms. The molecule has 0 rings (SSSR count). The van der Waals surface area contributed by atoms with E-state index in [0.717, 1.165) is 77.0 Å². The lowest BCUT2D eigenvalue weighted by Gasteiger charge is -2.18. The van der Waals surface area contributed by atoms with E-state index in [0.29, 0.717) is 19.3 Å². The average Bonchev–Trinajstić information content (AvgIpc) is 3.19. The third-order valence-corrected chi connectivity index (χ3v) is 10.7. The molecule has 0 aromatic carbocycles. The fraction of sp³-hybridized carbons (Fsp3) is 0.860. The van der Waals surface area contributed by atoms with Gasteiger partial charge in [0.25, 0.3) is 0 Å². The lowest BCUT2D eigenvalue weighted by Crippen LogP contribution is -2.30. The van der Waals surface area contributed by atoms with Crippen LogP contribution in [0.4, 0.5) is 0 Å². The van der Waals surface area contributed by atoms with Crippen LogP contribution in [0.25, 0.3) is 0 Å². The molecule has 6 nitrogen and oxygen atoms in total. The highest BCUT2D eigenvalue weighted by Crippen LogP contribution is 2.15. The summed E-state index contributed by atoms with van der Waals surface area (Å²) in [5.74, 6) is -0.877. The highest BCUT2D eigenvalue weighted by atomic mass is 16.6. The molecule has 0 unspecified atom stereocenters. The second-order valence-electron chi connectivity index (χ2n) is 16.4. The Morgan fingerprint density at radius 2 is 0.661 bits per heavy atom. The van der Waals surface area contributed by atoms with Crippen molar-refractivity contribution in [3.8, 4) is 0 Å². The molecular formula is C50H92O6. The van der Waals surface area contributed by atoms with Crippen LogP contribution < -0.4 is 0 Å². The Labute approximate surface area is 347 Å². The molecule has 0 aromatic heterocycles. The van der Waals surface area contributed by atoms with E-state index in [9.17, 15) is 14.4 Å². The standard InChI is InChI=1S/C50H92O6/c1-4-7-10-13-16-19-22-24-26-28-31-34-37-40-43-49(52)55-46-47(45-54-48(51)42-39-36-33-30-21-18-15-12-9-6-3)56-50(53)44-41-38-35-32-29-27-25-23-20-17-14-11-8-5-2/h13,16,22,24,47H,4-12,14-15,17-21,23,25-46H2,1-3H3/b16-13-,24-22-/t47-/m1/s1. The van der Waals surface area contributed by atoms with Crippen molar-refractivity contribution in [3.63, 3.8) is 0 Å². The molecule has 0 aliphatic rings. The van der Waals surface area contributed by atoms with E-state index in [2.05, 4.69) is 45.1 Å². The van der Waals surface area contributed by atoms with Gasteiger partial charge in [-0.05, 0) is 44.9 Å². The Bertz CT molecular complexity index is 911. The Morgan fingerprint density at radius 1 is 0.357 bits per heavy atom. The van der Waals surface area contributed by atoms with Crippen LogP contribution in [0.2, 0.25) is 0 Å². The number of carbonyl (C=O) groups is 3. The summed E-state index contributed by atoms with van der Waals surface area (Å²) >= 11 is 0. The van der Waals surface area contributed by atoms with Crippen LogP contribution in [0, 0.1) is 0 Å². The number of hydrogen-bond acceptors (Lipinski definition) is 6. The zero-order valence-electron chi connectivity index (χ0n) is 37.4. The quantitative estimate of drug-likeness (QED) is 0.0265. The first-order valence-corrected chi connectivity index (χ1v) is 24.3. The highest BCUT2D eigenvalue weighted by molar-refractivity contribution is 5.71. The van der Waals surface area contributed by atoms with Gasteiger partial charge >= 0.3 is 17.9 Å². The van der Waals surface area contributed by atoms with Crippen molar-refractivity contribution >= 4 is 17.9 Å². The predicted octanol–water partition coefficient (Wildman–Crippen LogP) is 15.6. The molecule has 0 saturated heterocycles. The van der Waals surface area contributed by atoms with E-state index < -0.39 is 6.10 Å². The summed E-state index contributed by atoms with van der Waals surface area (Å²) in [6.07, 6.45) is 50.1. The van der Waals surface area contributed by atoms with E-state index in [1.807, 2.05) is 0 Å². The molecule has 0 saturated carbocycles. The minimum atomic E-state index is -0.769. The summed E-state index contributed by atoms with van der Waals surface area (Å²) in [6.45, 7) is 6.59. The number of rotatable bonds is 44. The van der Waals surface area contributed by atoms with Gasteiger partial charge in [-0.25, -0.2) is 0 Å². The molecule has 0 heterocycles. The average molecular weight is 789 g/mol. The van der Waals surface area contributed by atoms with E-state index >= 15 is 0 Å². The van der Waals surface area contributed by atoms with Crippen LogP contribution in [0.15, 0.2) is 24.3 Å². The molecule has 0 amide bonds. The van der Waals surface area contributed by atoms with Gasteiger partial charge < -0.3 is 14.2 Å². The first kappa shape index (κ1) is 53.9. The van der Waals surface area contributed by atoms with Crippen molar-refractivity contribution in [2.24, 2.45) is 0 Å². The van der Waals surface area contributed by atoms with Gasteiger partial charge in [0, 0.05) is 19.3 Å². The monoisotopic (exact) mass is 789 g/mol. The van der Waals surface area contributed by atoms with Crippen LogP contribution in [-0.4, -0.2) is 37.2 Å².